The summed E-state index contributed by atoms with van der Waals surface area (Å²) in [6.45, 7) is 4.02. The van der Waals surface area contributed by atoms with E-state index in [4.69, 9.17) is 5.11 Å². The summed E-state index contributed by atoms with van der Waals surface area (Å²) in [7, 11) is 0. The summed E-state index contributed by atoms with van der Waals surface area (Å²) in [5, 5.41) is 8.82. The van der Waals surface area contributed by atoms with Crippen LogP contribution in [0.25, 0.3) is 0 Å². The molecule has 4 rings (SSSR count). The van der Waals surface area contributed by atoms with E-state index in [-0.39, 0.29) is 6.42 Å². The minimum Gasteiger partial charge on any atom is -0.481 e. The Bertz CT molecular complexity index is 795. The van der Waals surface area contributed by atoms with Gasteiger partial charge in [0.2, 0.25) is 0 Å². The summed E-state index contributed by atoms with van der Waals surface area (Å²) in [5.41, 5.74) is 2.74. The van der Waals surface area contributed by atoms with E-state index in [0.29, 0.717) is 6.04 Å². The minimum absolute atomic E-state index is 0.274. The first kappa shape index (κ1) is 17.4. The van der Waals surface area contributed by atoms with Crippen molar-refractivity contribution in [2.75, 3.05) is 31.1 Å². The van der Waals surface area contributed by atoms with Crippen LogP contribution in [0.1, 0.15) is 30.9 Å². The molecule has 2 aliphatic rings. The number of hydrogen-bond acceptors (Lipinski definition) is 4. The number of nitrogens with zero attached hydrogens (tertiary/aromatic N) is 2. The smallest absolute Gasteiger partial charge is 0.303 e. The molecule has 0 spiro atoms. The van der Waals surface area contributed by atoms with Gasteiger partial charge in [-0.2, -0.15) is 0 Å². The van der Waals surface area contributed by atoms with Crippen molar-refractivity contribution in [1.82, 2.24) is 4.90 Å². The van der Waals surface area contributed by atoms with Crippen molar-refractivity contribution in [3.05, 3.63) is 54.1 Å². The van der Waals surface area contributed by atoms with Gasteiger partial charge in [0.25, 0.3) is 0 Å². The van der Waals surface area contributed by atoms with Gasteiger partial charge in [-0.1, -0.05) is 42.1 Å². The molecular weight excluding hydrogens is 344 g/mol. The van der Waals surface area contributed by atoms with Gasteiger partial charge in [0.15, 0.2) is 0 Å². The van der Waals surface area contributed by atoms with Crippen LogP contribution in [0.15, 0.2) is 58.3 Å². The molecule has 1 N–H and O–H groups in total. The van der Waals surface area contributed by atoms with Crippen molar-refractivity contribution in [3.8, 4) is 0 Å². The molecule has 1 atom stereocenters. The number of aliphatic carboxylic acids is 1. The lowest BCUT2D eigenvalue weighted by Gasteiger charge is -2.43. The van der Waals surface area contributed by atoms with E-state index in [0.717, 1.165) is 39.0 Å². The molecule has 1 fully saturated rings. The number of para-hydroxylation sites is 1. The Hall–Kier alpha value is -1.98. The monoisotopic (exact) mass is 368 g/mol. The molecule has 136 valence electrons. The minimum atomic E-state index is -0.693. The van der Waals surface area contributed by atoms with Crippen LogP contribution in [-0.4, -0.2) is 42.2 Å². The molecule has 2 aliphatic heterocycles. The van der Waals surface area contributed by atoms with E-state index < -0.39 is 5.97 Å². The Morgan fingerprint density at radius 1 is 1.04 bits per heavy atom. The molecular formula is C21H24N2O2S. The molecule has 1 unspecified atom stereocenters. The Balaban J connectivity index is 1.55. The van der Waals surface area contributed by atoms with Gasteiger partial charge in [0.05, 0.1) is 11.7 Å². The second-order valence-corrected chi connectivity index (χ2v) is 8.05. The summed E-state index contributed by atoms with van der Waals surface area (Å²) in [6, 6.07) is 17.8. The molecule has 2 heterocycles. The number of fused-ring (bicyclic) bond motifs is 5. The number of unbranched alkanes of at least 4 members (excludes halogenated alkanes) is 1. The molecule has 26 heavy (non-hydrogen) atoms. The van der Waals surface area contributed by atoms with E-state index in [1.165, 1.54) is 21.0 Å². The fraction of sp³-hybridized carbons (Fsp3) is 0.381. The van der Waals surface area contributed by atoms with Crippen molar-refractivity contribution in [1.29, 1.82) is 0 Å². The summed E-state index contributed by atoms with van der Waals surface area (Å²) in [4.78, 5) is 18.4. The fourth-order valence-corrected chi connectivity index (χ4v) is 5.10. The summed E-state index contributed by atoms with van der Waals surface area (Å²) < 4.78 is 0. The lowest BCUT2D eigenvalue weighted by atomic mass is 10.0. The van der Waals surface area contributed by atoms with Crippen molar-refractivity contribution < 1.29 is 9.90 Å². The highest BCUT2D eigenvalue weighted by Gasteiger charge is 2.33. The second kappa shape index (κ2) is 7.72. The maximum absolute atomic E-state index is 10.7. The second-order valence-electron chi connectivity index (χ2n) is 6.97. The predicted octanol–water partition coefficient (Wildman–Crippen LogP) is 4.27. The highest BCUT2D eigenvalue weighted by molar-refractivity contribution is 7.99. The van der Waals surface area contributed by atoms with E-state index in [1.54, 1.807) is 0 Å². The van der Waals surface area contributed by atoms with Crippen molar-refractivity contribution in [2.45, 2.75) is 35.1 Å². The molecule has 2 aromatic carbocycles. The number of hydrogen-bond donors (Lipinski definition) is 1. The third-order valence-corrected chi connectivity index (χ3v) is 6.41. The normalized spacial score (nSPS) is 19.2. The highest BCUT2D eigenvalue weighted by atomic mass is 32.2. The molecule has 2 aromatic rings. The van der Waals surface area contributed by atoms with Gasteiger partial charge in [0, 0.05) is 35.8 Å². The van der Waals surface area contributed by atoms with E-state index in [1.807, 2.05) is 11.8 Å². The van der Waals surface area contributed by atoms with Crippen molar-refractivity contribution >= 4 is 23.4 Å². The SMILES string of the molecule is O=C(O)CCCCN1CCN2c3ccccc3Sc3ccccc3C2C1. The lowest BCUT2D eigenvalue weighted by molar-refractivity contribution is -0.137. The Morgan fingerprint density at radius 3 is 2.65 bits per heavy atom. The third-order valence-electron chi connectivity index (χ3n) is 5.25. The summed E-state index contributed by atoms with van der Waals surface area (Å²) >= 11 is 1.87. The lowest BCUT2D eigenvalue weighted by Crippen LogP contribution is -2.48. The molecule has 0 aliphatic carbocycles. The van der Waals surface area contributed by atoms with Crippen LogP contribution in [0.2, 0.25) is 0 Å². The van der Waals surface area contributed by atoms with Gasteiger partial charge < -0.3 is 10.0 Å². The summed E-state index contributed by atoms with van der Waals surface area (Å²) in [5.74, 6) is -0.693. The number of carbonyl (C=O) groups is 1. The maximum Gasteiger partial charge on any atom is 0.303 e. The molecule has 0 amide bonds. The number of carboxylic acids is 1. The fourth-order valence-electron chi connectivity index (χ4n) is 3.96. The Kier molecular flexibility index (Phi) is 5.18. The topological polar surface area (TPSA) is 43.8 Å². The van der Waals surface area contributed by atoms with Crippen LogP contribution < -0.4 is 4.90 Å². The molecule has 4 nitrogen and oxygen atoms in total. The van der Waals surface area contributed by atoms with E-state index in [9.17, 15) is 4.79 Å². The molecule has 1 saturated heterocycles. The van der Waals surface area contributed by atoms with Crippen LogP contribution in [0, 0.1) is 0 Å². The Morgan fingerprint density at radius 2 is 1.81 bits per heavy atom. The zero-order chi connectivity index (χ0) is 17.9. The molecule has 0 bridgehead atoms. The molecule has 0 saturated carbocycles. The van der Waals surface area contributed by atoms with Crippen molar-refractivity contribution in [2.24, 2.45) is 0 Å². The number of carboxylic acid groups (broad SMARTS) is 1. The highest BCUT2D eigenvalue weighted by Crippen LogP contribution is 2.46. The number of anilines is 1. The first-order chi connectivity index (χ1) is 12.7. The zero-order valence-corrected chi connectivity index (χ0v) is 15.6. The van der Waals surface area contributed by atoms with E-state index in [2.05, 4.69) is 58.3 Å². The van der Waals surface area contributed by atoms with Gasteiger partial charge in [-0.15, -0.1) is 0 Å². The maximum atomic E-state index is 10.7. The molecule has 0 radical (unpaired) electrons. The largest absolute Gasteiger partial charge is 0.481 e. The van der Waals surface area contributed by atoms with Gasteiger partial charge in [-0.05, 0) is 43.1 Å². The van der Waals surface area contributed by atoms with Crippen molar-refractivity contribution in [3.63, 3.8) is 0 Å². The van der Waals surface area contributed by atoms with E-state index >= 15 is 0 Å². The Labute approximate surface area is 158 Å². The summed E-state index contributed by atoms with van der Waals surface area (Å²) in [6.07, 6.45) is 1.98. The number of benzene rings is 2. The van der Waals surface area contributed by atoms with Crippen LogP contribution in [0.5, 0.6) is 0 Å². The van der Waals surface area contributed by atoms with Crippen LogP contribution in [0.3, 0.4) is 0 Å². The quantitative estimate of drug-likeness (QED) is 0.799. The first-order valence-corrected chi connectivity index (χ1v) is 10.1. The van der Waals surface area contributed by atoms with Crippen LogP contribution >= 0.6 is 11.8 Å². The average Bonchev–Trinajstić information content (AvgIpc) is 2.79. The van der Waals surface area contributed by atoms with Gasteiger partial charge in [-0.25, -0.2) is 0 Å². The zero-order valence-electron chi connectivity index (χ0n) is 14.8. The molecule has 0 aromatic heterocycles. The molecule has 5 heteroatoms. The first-order valence-electron chi connectivity index (χ1n) is 9.29. The van der Waals surface area contributed by atoms with Crippen LogP contribution in [0.4, 0.5) is 5.69 Å². The van der Waals surface area contributed by atoms with Crippen LogP contribution in [-0.2, 0) is 4.79 Å². The van der Waals surface area contributed by atoms with Gasteiger partial charge in [0.1, 0.15) is 0 Å². The van der Waals surface area contributed by atoms with Gasteiger partial charge >= 0.3 is 5.97 Å². The third kappa shape index (κ3) is 3.60. The number of piperazine rings is 1. The van der Waals surface area contributed by atoms with Gasteiger partial charge in [-0.3, -0.25) is 9.69 Å². The average molecular weight is 369 g/mol. The number of rotatable bonds is 5. The predicted molar refractivity (Wildman–Crippen MR) is 105 cm³/mol. The standard InChI is InChI=1S/C21H24N2O2S/c24-21(25)11-5-6-12-22-13-14-23-17-8-2-4-10-20(17)26-19-9-3-1-7-16(19)18(23)15-22/h1-4,7-10,18H,5-6,11-15H2,(H,24,25).